The second-order valence-electron chi connectivity index (χ2n) is 8.18. The van der Waals surface area contributed by atoms with Crippen LogP contribution in [0, 0.1) is 0 Å². The van der Waals surface area contributed by atoms with E-state index in [0.717, 1.165) is 23.3 Å². The second-order valence-corrected chi connectivity index (χ2v) is 8.18. The van der Waals surface area contributed by atoms with Crippen molar-refractivity contribution in [2.45, 2.75) is 45.3 Å². The third-order valence-corrected chi connectivity index (χ3v) is 5.66. The minimum Gasteiger partial charge on any atom is -0.475 e. The zero-order valence-electron chi connectivity index (χ0n) is 16.4. The molecular formula is C22H26BNO3. The van der Waals surface area contributed by atoms with E-state index in [1.165, 1.54) is 5.56 Å². The van der Waals surface area contributed by atoms with Crippen molar-refractivity contribution in [3.63, 3.8) is 0 Å². The normalized spacial score (nSPS) is 20.5. The average molecular weight is 363 g/mol. The number of hydrogen-bond donors (Lipinski definition) is 0. The van der Waals surface area contributed by atoms with Crippen molar-refractivity contribution in [1.29, 1.82) is 0 Å². The van der Waals surface area contributed by atoms with Crippen molar-refractivity contribution in [3.8, 4) is 0 Å². The number of nitrogens with zero attached hydrogens (tertiary/aromatic N) is 1. The number of allylic oxidation sites excluding steroid dienone is 1. The Balaban J connectivity index is 1.44. The largest absolute Gasteiger partial charge is 0.494 e. The standard InChI is InChI=1S/C22H26BNO3/c1-21(2)22(3,4)27-23(26-21)18-10-12-19(13-11-18)24-15-20(25-16-24)14-17-8-6-5-7-9-17/h5-13,15H,14,16H2,1-4H3. The molecule has 0 unspecified atom stereocenters. The van der Waals surface area contributed by atoms with Gasteiger partial charge in [-0.1, -0.05) is 42.5 Å². The van der Waals surface area contributed by atoms with Gasteiger partial charge in [-0.2, -0.15) is 0 Å². The quantitative estimate of drug-likeness (QED) is 0.772. The highest BCUT2D eigenvalue weighted by atomic mass is 16.7. The van der Waals surface area contributed by atoms with Gasteiger partial charge in [0.1, 0.15) is 5.76 Å². The Bertz CT molecular complexity index is 814. The summed E-state index contributed by atoms with van der Waals surface area (Å²) in [6.45, 7) is 8.83. The van der Waals surface area contributed by atoms with Gasteiger partial charge in [0.2, 0.25) is 0 Å². The van der Waals surface area contributed by atoms with E-state index in [1.54, 1.807) is 0 Å². The highest BCUT2D eigenvalue weighted by Gasteiger charge is 2.51. The fourth-order valence-electron chi connectivity index (χ4n) is 3.25. The van der Waals surface area contributed by atoms with E-state index in [1.807, 2.05) is 6.07 Å². The summed E-state index contributed by atoms with van der Waals surface area (Å²) in [5.74, 6) is 0.983. The van der Waals surface area contributed by atoms with Crippen molar-refractivity contribution < 1.29 is 14.0 Å². The molecule has 0 aromatic heterocycles. The van der Waals surface area contributed by atoms with Crippen LogP contribution in [0.1, 0.15) is 33.3 Å². The maximum Gasteiger partial charge on any atom is 0.494 e. The monoisotopic (exact) mass is 363 g/mol. The van der Waals surface area contributed by atoms with Gasteiger partial charge in [0.15, 0.2) is 6.73 Å². The van der Waals surface area contributed by atoms with Crippen LogP contribution in [-0.4, -0.2) is 25.1 Å². The predicted molar refractivity (Wildman–Crippen MR) is 109 cm³/mol. The molecule has 0 bridgehead atoms. The number of rotatable bonds is 4. The summed E-state index contributed by atoms with van der Waals surface area (Å²) in [6.07, 6.45) is 2.89. The third kappa shape index (κ3) is 3.62. The minimum atomic E-state index is -0.330. The van der Waals surface area contributed by atoms with Crippen molar-refractivity contribution >= 4 is 18.3 Å². The third-order valence-electron chi connectivity index (χ3n) is 5.66. The first-order valence-corrected chi connectivity index (χ1v) is 9.44. The summed E-state index contributed by atoms with van der Waals surface area (Å²) in [5.41, 5.74) is 2.73. The summed E-state index contributed by atoms with van der Waals surface area (Å²) in [6, 6.07) is 18.7. The molecule has 0 amide bonds. The summed E-state index contributed by atoms with van der Waals surface area (Å²) in [5, 5.41) is 0. The Morgan fingerprint density at radius 2 is 1.52 bits per heavy atom. The maximum atomic E-state index is 6.13. The molecule has 4 nitrogen and oxygen atoms in total. The molecule has 2 heterocycles. The van der Waals surface area contributed by atoms with Crippen LogP contribution in [0.15, 0.2) is 66.6 Å². The smallest absolute Gasteiger partial charge is 0.475 e. The lowest BCUT2D eigenvalue weighted by Gasteiger charge is -2.32. The maximum absolute atomic E-state index is 6.13. The van der Waals surface area contributed by atoms with Gasteiger partial charge in [-0.25, -0.2) is 0 Å². The molecular weight excluding hydrogens is 337 g/mol. The van der Waals surface area contributed by atoms with Gasteiger partial charge in [0, 0.05) is 18.3 Å². The molecule has 2 aromatic rings. The van der Waals surface area contributed by atoms with E-state index < -0.39 is 0 Å². The molecule has 2 aliphatic rings. The molecule has 140 valence electrons. The molecule has 2 aliphatic heterocycles. The Hall–Kier alpha value is -2.24. The van der Waals surface area contributed by atoms with Crippen LogP contribution >= 0.6 is 0 Å². The molecule has 0 aliphatic carbocycles. The van der Waals surface area contributed by atoms with E-state index in [-0.39, 0.29) is 18.3 Å². The van der Waals surface area contributed by atoms with Crippen LogP contribution in [-0.2, 0) is 20.5 Å². The van der Waals surface area contributed by atoms with Crippen molar-refractivity contribution in [2.75, 3.05) is 11.6 Å². The molecule has 0 radical (unpaired) electrons. The van der Waals surface area contributed by atoms with Crippen LogP contribution in [0.4, 0.5) is 5.69 Å². The summed E-state index contributed by atoms with van der Waals surface area (Å²) >= 11 is 0. The number of ether oxygens (including phenoxy) is 1. The Kier molecular flexibility index (Phi) is 4.53. The highest BCUT2D eigenvalue weighted by Crippen LogP contribution is 2.36. The zero-order chi connectivity index (χ0) is 19.1. The molecule has 1 saturated heterocycles. The highest BCUT2D eigenvalue weighted by molar-refractivity contribution is 6.62. The van der Waals surface area contributed by atoms with E-state index in [9.17, 15) is 0 Å². The Labute approximate surface area is 161 Å². The lowest BCUT2D eigenvalue weighted by atomic mass is 9.79. The van der Waals surface area contributed by atoms with Gasteiger partial charge in [-0.05, 0) is 50.9 Å². The van der Waals surface area contributed by atoms with Gasteiger partial charge in [0.05, 0.1) is 11.2 Å². The van der Waals surface area contributed by atoms with Gasteiger partial charge < -0.3 is 18.9 Å². The van der Waals surface area contributed by atoms with Crippen molar-refractivity contribution in [1.82, 2.24) is 0 Å². The van der Waals surface area contributed by atoms with Crippen LogP contribution in [0.5, 0.6) is 0 Å². The molecule has 0 spiro atoms. The molecule has 27 heavy (non-hydrogen) atoms. The van der Waals surface area contributed by atoms with Crippen LogP contribution in [0.3, 0.4) is 0 Å². The van der Waals surface area contributed by atoms with Crippen LogP contribution in [0.25, 0.3) is 0 Å². The topological polar surface area (TPSA) is 30.9 Å². The first-order valence-electron chi connectivity index (χ1n) is 9.44. The summed E-state index contributed by atoms with van der Waals surface area (Å²) < 4.78 is 18.1. The van der Waals surface area contributed by atoms with E-state index >= 15 is 0 Å². The van der Waals surface area contributed by atoms with Gasteiger partial charge in [0.25, 0.3) is 0 Å². The first kappa shape index (κ1) is 18.1. The summed E-state index contributed by atoms with van der Waals surface area (Å²) in [7, 11) is -0.330. The van der Waals surface area contributed by atoms with Crippen molar-refractivity contribution in [3.05, 3.63) is 72.1 Å². The molecule has 0 N–H and O–H groups in total. The Morgan fingerprint density at radius 1 is 0.889 bits per heavy atom. The number of anilines is 1. The van der Waals surface area contributed by atoms with Crippen LogP contribution in [0.2, 0.25) is 0 Å². The van der Waals surface area contributed by atoms with Gasteiger partial charge in [-0.15, -0.1) is 0 Å². The predicted octanol–water partition coefficient (Wildman–Crippen LogP) is 3.86. The SMILES string of the molecule is CC1(C)OB(c2ccc(N3C=C(Cc4ccccc4)OC3)cc2)OC1(C)C. The molecule has 2 aromatic carbocycles. The van der Waals surface area contributed by atoms with E-state index in [0.29, 0.717) is 6.73 Å². The van der Waals surface area contributed by atoms with Gasteiger partial charge in [-0.3, -0.25) is 0 Å². The molecule has 4 rings (SSSR count). The second kappa shape index (κ2) is 6.73. The molecule has 0 atom stereocenters. The average Bonchev–Trinajstić information content (AvgIpc) is 3.18. The lowest BCUT2D eigenvalue weighted by Crippen LogP contribution is -2.41. The van der Waals surface area contributed by atoms with E-state index in [2.05, 4.69) is 87.3 Å². The van der Waals surface area contributed by atoms with Gasteiger partial charge >= 0.3 is 7.12 Å². The fraction of sp³-hybridized carbons (Fsp3) is 0.364. The summed E-state index contributed by atoms with van der Waals surface area (Å²) in [4.78, 5) is 2.12. The number of hydrogen-bond acceptors (Lipinski definition) is 4. The molecule has 1 fully saturated rings. The zero-order valence-corrected chi connectivity index (χ0v) is 16.4. The van der Waals surface area contributed by atoms with E-state index in [4.69, 9.17) is 14.0 Å². The Morgan fingerprint density at radius 3 is 2.15 bits per heavy atom. The van der Waals surface area contributed by atoms with Crippen LogP contribution < -0.4 is 10.4 Å². The molecule has 5 heteroatoms. The van der Waals surface area contributed by atoms with Crippen molar-refractivity contribution in [2.24, 2.45) is 0 Å². The minimum absolute atomic E-state index is 0.325. The molecule has 0 saturated carbocycles. The number of benzene rings is 2. The fourth-order valence-corrected chi connectivity index (χ4v) is 3.25. The first-order chi connectivity index (χ1) is 12.8. The lowest BCUT2D eigenvalue weighted by molar-refractivity contribution is 0.00578.